The highest BCUT2D eigenvalue weighted by molar-refractivity contribution is 5.93. The lowest BCUT2D eigenvalue weighted by atomic mass is 10.2. The van der Waals surface area contributed by atoms with Crippen molar-refractivity contribution in [1.82, 2.24) is 15.5 Å². The summed E-state index contributed by atoms with van der Waals surface area (Å²) in [5.41, 5.74) is 0.882. The van der Waals surface area contributed by atoms with Gasteiger partial charge in [-0.1, -0.05) is 5.16 Å². The van der Waals surface area contributed by atoms with E-state index < -0.39 is 0 Å². The Balaban J connectivity index is 1.60. The van der Waals surface area contributed by atoms with Gasteiger partial charge in [0.2, 0.25) is 5.56 Å². The van der Waals surface area contributed by atoms with Gasteiger partial charge >= 0.3 is 0 Å². The van der Waals surface area contributed by atoms with Crippen molar-refractivity contribution in [1.29, 1.82) is 0 Å². The van der Waals surface area contributed by atoms with Crippen molar-refractivity contribution in [2.45, 2.75) is 25.3 Å². The first-order valence-corrected chi connectivity index (χ1v) is 6.15. The van der Waals surface area contributed by atoms with Crippen LogP contribution in [-0.2, 0) is 6.54 Å². The minimum absolute atomic E-state index is 0.234. The number of aromatic amines is 1. The molecule has 1 aliphatic carbocycles. The van der Waals surface area contributed by atoms with E-state index in [0.29, 0.717) is 23.7 Å². The molecule has 0 aromatic carbocycles. The van der Waals surface area contributed by atoms with E-state index in [9.17, 15) is 9.59 Å². The average Bonchev–Trinajstić information content (AvgIpc) is 3.16. The Morgan fingerprint density at radius 2 is 2.32 bits per heavy atom. The third-order valence-electron chi connectivity index (χ3n) is 3.03. The van der Waals surface area contributed by atoms with Crippen LogP contribution in [-0.4, -0.2) is 16.0 Å². The van der Waals surface area contributed by atoms with E-state index in [1.165, 1.54) is 18.3 Å². The molecule has 0 aliphatic heterocycles. The molecule has 6 nitrogen and oxygen atoms in total. The Hall–Kier alpha value is -2.37. The summed E-state index contributed by atoms with van der Waals surface area (Å²) in [7, 11) is 0. The third kappa shape index (κ3) is 2.73. The van der Waals surface area contributed by atoms with Crippen LogP contribution in [0.3, 0.4) is 0 Å². The lowest BCUT2D eigenvalue weighted by molar-refractivity contribution is 0.0949. The predicted molar refractivity (Wildman–Crippen MR) is 66.7 cm³/mol. The summed E-state index contributed by atoms with van der Waals surface area (Å²) in [5.74, 6) is 1.15. The topological polar surface area (TPSA) is 88.0 Å². The SMILES string of the molecule is O=C(NCc1cc(C2CC2)on1)c1ccc(=O)[nH]c1. The molecule has 98 valence electrons. The number of amides is 1. The van der Waals surface area contributed by atoms with Gasteiger partial charge in [0.05, 0.1) is 12.1 Å². The first-order chi connectivity index (χ1) is 9.22. The summed E-state index contributed by atoms with van der Waals surface area (Å²) in [6, 6.07) is 4.67. The van der Waals surface area contributed by atoms with Gasteiger partial charge in [0.1, 0.15) is 11.5 Å². The molecule has 0 saturated heterocycles. The fourth-order valence-corrected chi connectivity index (χ4v) is 1.80. The smallest absolute Gasteiger partial charge is 0.253 e. The molecule has 6 heteroatoms. The molecule has 1 fully saturated rings. The fourth-order valence-electron chi connectivity index (χ4n) is 1.80. The second-order valence-electron chi connectivity index (χ2n) is 4.62. The summed E-state index contributed by atoms with van der Waals surface area (Å²) >= 11 is 0. The number of pyridine rings is 1. The molecule has 19 heavy (non-hydrogen) atoms. The molecular weight excluding hydrogens is 246 g/mol. The van der Waals surface area contributed by atoms with Gasteiger partial charge < -0.3 is 14.8 Å². The lowest BCUT2D eigenvalue weighted by Gasteiger charge is -2.01. The van der Waals surface area contributed by atoms with Crippen LogP contribution in [0.5, 0.6) is 0 Å². The van der Waals surface area contributed by atoms with Crippen LogP contribution in [0.25, 0.3) is 0 Å². The Labute approximate surface area is 108 Å². The maximum Gasteiger partial charge on any atom is 0.253 e. The van der Waals surface area contributed by atoms with Gasteiger partial charge in [-0.05, 0) is 18.9 Å². The molecule has 2 N–H and O–H groups in total. The molecule has 1 amide bonds. The van der Waals surface area contributed by atoms with Crippen LogP contribution >= 0.6 is 0 Å². The number of carbonyl (C=O) groups is 1. The summed E-state index contributed by atoms with van der Waals surface area (Å²) in [4.78, 5) is 25.1. The Kier molecular flexibility index (Phi) is 2.91. The van der Waals surface area contributed by atoms with Crippen LogP contribution in [0.15, 0.2) is 33.7 Å². The van der Waals surface area contributed by atoms with Crippen molar-refractivity contribution in [2.75, 3.05) is 0 Å². The zero-order valence-electron chi connectivity index (χ0n) is 10.2. The molecule has 1 saturated carbocycles. The lowest BCUT2D eigenvalue weighted by Crippen LogP contribution is -2.23. The molecule has 0 spiro atoms. The standard InChI is InChI=1S/C13H13N3O3/c17-12-4-3-9(6-14-12)13(18)15-7-10-5-11(19-16-10)8-1-2-8/h3-6,8H,1-2,7H2,(H,14,17)(H,15,18). The molecular formula is C13H13N3O3. The highest BCUT2D eigenvalue weighted by Crippen LogP contribution is 2.40. The van der Waals surface area contributed by atoms with E-state index in [0.717, 1.165) is 18.6 Å². The van der Waals surface area contributed by atoms with Crippen molar-refractivity contribution in [3.8, 4) is 0 Å². The zero-order valence-corrected chi connectivity index (χ0v) is 10.2. The van der Waals surface area contributed by atoms with Crippen molar-refractivity contribution in [3.63, 3.8) is 0 Å². The number of carbonyl (C=O) groups excluding carboxylic acids is 1. The van der Waals surface area contributed by atoms with Gasteiger partial charge in [0.15, 0.2) is 0 Å². The minimum Gasteiger partial charge on any atom is -0.361 e. The molecule has 2 aromatic heterocycles. The van der Waals surface area contributed by atoms with Crippen LogP contribution in [0, 0.1) is 0 Å². The fraction of sp³-hybridized carbons (Fsp3) is 0.308. The van der Waals surface area contributed by atoms with E-state index in [4.69, 9.17) is 4.52 Å². The Morgan fingerprint density at radius 1 is 1.47 bits per heavy atom. The van der Waals surface area contributed by atoms with Gasteiger partial charge in [-0.15, -0.1) is 0 Å². The van der Waals surface area contributed by atoms with Gasteiger partial charge in [0.25, 0.3) is 5.91 Å². The van der Waals surface area contributed by atoms with Gasteiger partial charge in [-0.3, -0.25) is 9.59 Å². The summed E-state index contributed by atoms with van der Waals surface area (Å²) in [6.07, 6.45) is 3.69. The van der Waals surface area contributed by atoms with E-state index >= 15 is 0 Å². The molecule has 0 atom stereocenters. The largest absolute Gasteiger partial charge is 0.361 e. The van der Waals surface area contributed by atoms with Crippen LogP contribution < -0.4 is 10.9 Å². The normalized spacial score (nSPS) is 14.3. The van der Waals surface area contributed by atoms with E-state index in [-0.39, 0.29) is 11.5 Å². The van der Waals surface area contributed by atoms with Crippen LogP contribution in [0.4, 0.5) is 0 Å². The molecule has 2 aromatic rings. The van der Waals surface area contributed by atoms with Gasteiger partial charge in [0, 0.05) is 24.2 Å². The summed E-state index contributed by atoms with van der Waals surface area (Å²) in [5, 5.41) is 6.63. The predicted octanol–water partition coefficient (Wildman–Crippen LogP) is 1.17. The highest BCUT2D eigenvalue weighted by Gasteiger charge is 2.27. The maximum atomic E-state index is 11.8. The number of hydrogen-bond acceptors (Lipinski definition) is 4. The molecule has 0 bridgehead atoms. The number of nitrogens with zero attached hydrogens (tertiary/aromatic N) is 1. The van der Waals surface area contributed by atoms with Crippen molar-refractivity contribution in [3.05, 3.63) is 51.8 Å². The molecule has 0 unspecified atom stereocenters. The van der Waals surface area contributed by atoms with E-state index in [2.05, 4.69) is 15.5 Å². The van der Waals surface area contributed by atoms with Crippen LogP contribution in [0.1, 0.15) is 40.6 Å². The number of aromatic nitrogens is 2. The van der Waals surface area contributed by atoms with Crippen molar-refractivity contribution < 1.29 is 9.32 Å². The zero-order chi connectivity index (χ0) is 13.2. The average molecular weight is 259 g/mol. The monoisotopic (exact) mass is 259 g/mol. The van der Waals surface area contributed by atoms with Crippen LogP contribution in [0.2, 0.25) is 0 Å². The molecule has 1 aliphatic rings. The number of H-pyrrole nitrogens is 1. The molecule has 2 heterocycles. The highest BCUT2D eigenvalue weighted by atomic mass is 16.5. The van der Waals surface area contributed by atoms with Gasteiger partial charge in [-0.2, -0.15) is 0 Å². The maximum absolute atomic E-state index is 11.8. The van der Waals surface area contributed by atoms with Gasteiger partial charge in [-0.25, -0.2) is 0 Å². The van der Waals surface area contributed by atoms with E-state index in [1.54, 1.807) is 0 Å². The Bertz CT molecular complexity index is 635. The summed E-state index contributed by atoms with van der Waals surface area (Å²) < 4.78 is 5.19. The number of nitrogens with one attached hydrogen (secondary N) is 2. The minimum atomic E-state index is -0.257. The Morgan fingerprint density at radius 3 is 3.00 bits per heavy atom. The number of rotatable bonds is 4. The second-order valence-corrected chi connectivity index (χ2v) is 4.62. The van der Waals surface area contributed by atoms with Crippen molar-refractivity contribution in [2.24, 2.45) is 0 Å². The quantitative estimate of drug-likeness (QED) is 0.862. The third-order valence-corrected chi connectivity index (χ3v) is 3.03. The molecule has 0 radical (unpaired) electrons. The van der Waals surface area contributed by atoms with Crippen molar-refractivity contribution >= 4 is 5.91 Å². The van der Waals surface area contributed by atoms with E-state index in [1.807, 2.05) is 6.07 Å². The molecule has 3 rings (SSSR count). The first kappa shape index (κ1) is 11.7. The summed E-state index contributed by atoms with van der Waals surface area (Å²) in [6.45, 7) is 0.314. The first-order valence-electron chi connectivity index (χ1n) is 6.15. The number of hydrogen-bond donors (Lipinski definition) is 2. The second kappa shape index (κ2) is 4.72.